The van der Waals surface area contributed by atoms with Crippen LogP contribution in [0.4, 0.5) is 0 Å². The molecule has 0 bridgehead atoms. The lowest BCUT2D eigenvalue weighted by Gasteiger charge is -2.15. The number of methoxy groups -OCH3 is 1. The highest BCUT2D eigenvalue weighted by atomic mass is 127. The van der Waals surface area contributed by atoms with Crippen LogP contribution in [0.1, 0.15) is 11.1 Å². The van der Waals surface area contributed by atoms with Crippen LogP contribution in [0.5, 0.6) is 5.75 Å². The molecule has 0 saturated heterocycles. The molecule has 152 valence electrons. The maximum Gasteiger partial charge on any atom is 0.241 e. The van der Waals surface area contributed by atoms with Crippen molar-refractivity contribution in [2.24, 2.45) is 4.99 Å². The highest BCUT2D eigenvalue weighted by molar-refractivity contribution is 14.0. The molecule has 0 radical (unpaired) electrons. The monoisotopic (exact) mass is 496 g/mol. The number of benzene rings is 2. The first-order valence-electron chi connectivity index (χ1n) is 8.98. The molecule has 2 aromatic rings. The van der Waals surface area contributed by atoms with Crippen LogP contribution >= 0.6 is 24.0 Å². The van der Waals surface area contributed by atoms with Crippen LogP contribution < -0.4 is 15.4 Å². The van der Waals surface area contributed by atoms with E-state index >= 15 is 0 Å². The van der Waals surface area contributed by atoms with E-state index in [4.69, 9.17) is 4.74 Å². The molecule has 0 aromatic heterocycles. The zero-order valence-electron chi connectivity index (χ0n) is 16.6. The van der Waals surface area contributed by atoms with Gasteiger partial charge in [0, 0.05) is 26.2 Å². The van der Waals surface area contributed by atoms with Crippen molar-refractivity contribution in [2.45, 2.75) is 13.0 Å². The van der Waals surface area contributed by atoms with E-state index in [1.165, 1.54) is 5.56 Å². The molecule has 0 aliphatic rings. The fraction of sp³-hybridized carbons (Fsp3) is 0.333. The van der Waals surface area contributed by atoms with E-state index in [0.29, 0.717) is 12.5 Å². The summed E-state index contributed by atoms with van der Waals surface area (Å²) in [7, 11) is 5.12. The van der Waals surface area contributed by atoms with Gasteiger partial charge in [-0.1, -0.05) is 48.5 Å². The van der Waals surface area contributed by atoms with Crippen LogP contribution in [0.25, 0.3) is 0 Å². The van der Waals surface area contributed by atoms with Gasteiger partial charge in [-0.2, -0.15) is 0 Å². The molecular weight excluding hydrogens is 467 g/mol. The van der Waals surface area contributed by atoms with Gasteiger partial charge in [0.15, 0.2) is 5.96 Å². The number of likely N-dealkylation sites (N-methyl/N-ethyl adjacent to an activating group) is 1. The average Bonchev–Trinajstić information content (AvgIpc) is 2.70. The summed E-state index contributed by atoms with van der Waals surface area (Å²) in [4.78, 5) is 18.0. The van der Waals surface area contributed by atoms with Crippen LogP contribution in [-0.4, -0.2) is 51.1 Å². The second-order valence-electron chi connectivity index (χ2n) is 6.28. The third-order valence-electron chi connectivity index (χ3n) is 4.05. The van der Waals surface area contributed by atoms with Crippen molar-refractivity contribution in [3.8, 4) is 5.75 Å². The number of nitrogens with zero attached hydrogens (tertiary/aromatic N) is 2. The van der Waals surface area contributed by atoms with Gasteiger partial charge in [0.1, 0.15) is 5.75 Å². The fourth-order valence-electron chi connectivity index (χ4n) is 2.46. The van der Waals surface area contributed by atoms with Crippen molar-refractivity contribution in [3.63, 3.8) is 0 Å². The third-order valence-corrected chi connectivity index (χ3v) is 4.05. The lowest BCUT2D eigenvalue weighted by molar-refractivity contribution is -0.127. The van der Waals surface area contributed by atoms with E-state index < -0.39 is 0 Å². The molecule has 0 fully saturated rings. The number of para-hydroxylation sites is 1. The van der Waals surface area contributed by atoms with Gasteiger partial charge in [-0.15, -0.1) is 24.0 Å². The Morgan fingerprint density at radius 1 is 1.04 bits per heavy atom. The lowest BCUT2D eigenvalue weighted by atomic mass is 10.1. The third kappa shape index (κ3) is 8.16. The Kier molecular flexibility index (Phi) is 11.0. The maximum atomic E-state index is 11.9. The number of hydrogen-bond acceptors (Lipinski definition) is 3. The summed E-state index contributed by atoms with van der Waals surface area (Å²) < 4.78 is 5.38. The summed E-state index contributed by atoms with van der Waals surface area (Å²) in [5.41, 5.74) is 2.24. The van der Waals surface area contributed by atoms with Crippen LogP contribution in [0.15, 0.2) is 59.6 Å². The first-order valence-corrected chi connectivity index (χ1v) is 8.98. The summed E-state index contributed by atoms with van der Waals surface area (Å²) in [6.07, 6.45) is 0.873. The standard InChI is InChI=1S/C21H28N4O2.HI/c1-25(2)20(26)16-24-21(22-14-13-17-9-5-4-6-10-17)23-15-18-11-7-8-12-19(18)27-3;/h4-12H,13-16H2,1-3H3,(H2,22,23,24);1H. The van der Waals surface area contributed by atoms with E-state index in [9.17, 15) is 4.79 Å². The number of halogens is 1. The van der Waals surface area contributed by atoms with Gasteiger partial charge >= 0.3 is 0 Å². The van der Waals surface area contributed by atoms with E-state index in [1.54, 1.807) is 26.1 Å². The average molecular weight is 496 g/mol. The van der Waals surface area contributed by atoms with Crippen molar-refractivity contribution in [2.75, 3.05) is 34.3 Å². The van der Waals surface area contributed by atoms with E-state index in [1.807, 2.05) is 42.5 Å². The SMILES string of the molecule is COc1ccccc1CN=C(NCCc1ccccc1)NCC(=O)N(C)C.I. The minimum Gasteiger partial charge on any atom is -0.496 e. The number of carbonyl (C=O) groups is 1. The Labute approximate surface area is 184 Å². The quantitative estimate of drug-likeness (QED) is 0.335. The van der Waals surface area contributed by atoms with Crippen molar-refractivity contribution in [1.29, 1.82) is 0 Å². The van der Waals surface area contributed by atoms with Crippen molar-refractivity contribution >= 4 is 35.8 Å². The smallest absolute Gasteiger partial charge is 0.241 e. The molecule has 0 aliphatic carbocycles. The lowest BCUT2D eigenvalue weighted by Crippen LogP contribution is -2.43. The number of nitrogens with one attached hydrogen (secondary N) is 2. The molecule has 6 nitrogen and oxygen atoms in total. The molecule has 7 heteroatoms. The van der Waals surface area contributed by atoms with Gasteiger partial charge in [-0.3, -0.25) is 4.79 Å². The van der Waals surface area contributed by atoms with Crippen molar-refractivity contribution < 1.29 is 9.53 Å². The number of ether oxygens (including phenoxy) is 1. The highest BCUT2D eigenvalue weighted by Crippen LogP contribution is 2.17. The summed E-state index contributed by atoms with van der Waals surface area (Å²) in [6.45, 7) is 1.37. The first kappa shape index (κ1) is 23.7. The summed E-state index contributed by atoms with van der Waals surface area (Å²) >= 11 is 0. The second kappa shape index (κ2) is 13.0. The van der Waals surface area contributed by atoms with E-state index in [2.05, 4.69) is 27.8 Å². The molecule has 28 heavy (non-hydrogen) atoms. The van der Waals surface area contributed by atoms with Gasteiger partial charge in [-0.05, 0) is 18.1 Å². The normalized spacial score (nSPS) is 10.6. The molecule has 0 saturated carbocycles. The predicted octanol–water partition coefficient (Wildman–Crippen LogP) is 2.68. The predicted molar refractivity (Wildman–Crippen MR) is 124 cm³/mol. The van der Waals surface area contributed by atoms with E-state index in [0.717, 1.165) is 24.3 Å². The molecule has 0 spiro atoms. The molecule has 0 heterocycles. The Bertz CT molecular complexity index is 751. The van der Waals surface area contributed by atoms with Crippen molar-refractivity contribution in [1.82, 2.24) is 15.5 Å². The highest BCUT2D eigenvalue weighted by Gasteiger charge is 2.07. The van der Waals surface area contributed by atoms with Gasteiger partial charge in [-0.25, -0.2) is 4.99 Å². The first-order chi connectivity index (χ1) is 13.1. The van der Waals surface area contributed by atoms with Crippen LogP contribution in [0.3, 0.4) is 0 Å². The second-order valence-corrected chi connectivity index (χ2v) is 6.28. The van der Waals surface area contributed by atoms with Crippen LogP contribution in [0.2, 0.25) is 0 Å². The number of aliphatic imine (C=N–C) groups is 1. The summed E-state index contributed by atoms with van der Waals surface area (Å²) in [5.74, 6) is 1.39. The molecule has 1 amide bonds. The Balaban J connectivity index is 0.00000392. The molecule has 0 atom stereocenters. The number of guanidine groups is 1. The van der Waals surface area contributed by atoms with Crippen molar-refractivity contribution in [3.05, 3.63) is 65.7 Å². The number of amides is 1. The topological polar surface area (TPSA) is 66.0 Å². The largest absolute Gasteiger partial charge is 0.496 e. The van der Waals surface area contributed by atoms with Crippen LogP contribution in [-0.2, 0) is 17.8 Å². The van der Waals surface area contributed by atoms with Gasteiger partial charge in [0.2, 0.25) is 5.91 Å². The Morgan fingerprint density at radius 3 is 2.39 bits per heavy atom. The Hall–Kier alpha value is -2.29. The zero-order chi connectivity index (χ0) is 19.5. The maximum absolute atomic E-state index is 11.9. The molecule has 2 rings (SSSR count). The molecule has 0 aliphatic heterocycles. The number of rotatable bonds is 8. The Morgan fingerprint density at radius 2 is 1.71 bits per heavy atom. The summed E-state index contributed by atoms with van der Waals surface area (Å²) in [5, 5.41) is 6.40. The molecule has 2 N–H and O–H groups in total. The minimum atomic E-state index is -0.00940. The number of hydrogen-bond donors (Lipinski definition) is 2. The number of carbonyl (C=O) groups excluding carboxylic acids is 1. The zero-order valence-corrected chi connectivity index (χ0v) is 19.0. The van der Waals surface area contributed by atoms with Gasteiger partial charge < -0.3 is 20.3 Å². The summed E-state index contributed by atoms with van der Waals surface area (Å²) in [6, 6.07) is 18.0. The minimum absolute atomic E-state index is 0. The molecule has 0 unspecified atom stereocenters. The molecule has 2 aromatic carbocycles. The van der Waals surface area contributed by atoms with Gasteiger partial charge in [0.05, 0.1) is 20.2 Å². The van der Waals surface area contributed by atoms with E-state index in [-0.39, 0.29) is 36.4 Å². The molecular formula is C21H29IN4O2. The van der Waals surface area contributed by atoms with Gasteiger partial charge in [0.25, 0.3) is 0 Å². The fourth-order valence-corrected chi connectivity index (χ4v) is 2.46. The van der Waals surface area contributed by atoms with Crippen LogP contribution in [0, 0.1) is 0 Å².